The molecule has 0 fully saturated rings. The maximum Gasteiger partial charge on any atom is 0.160 e. The molecule has 4 heterocycles. The summed E-state index contributed by atoms with van der Waals surface area (Å²) in [6, 6.07) is 69.7. The third kappa shape index (κ3) is 6.32. The highest BCUT2D eigenvalue weighted by Crippen LogP contribution is 2.40. The minimum atomic E-state index is 0.624. The first-order chi connectivity index (χ1) is 30.7. The molecule has 5 nitrogen and oxygen atoms in total. The van der Waals surface area contributed by atoms with Gasteiger partial charge in [0.2, 0.25) is 0 Å². The summed E-state index contributed by atoms with van der Waals surface area (Å²) in [5.41, 5.74) is 16.6. The molecule has 0 aliphatic carbocycles. The molecule has 0 spiro atoms. The van der Waals surface area contributed by atoms with Crippen molar-refractivity contribution >= 4 is 43.9 Å². The van der Waals surface area contributed by atoms with Crippen LogP contribution in [0.15, 0.2) is 221 Å². The highest BCUT2D eigenvalue weighted by Gasteiger charge is 2.18. The Balaban J connectivity index is 1.08. The molecule has 0 saturated heterocycles. The summed E-state index contributed by atoms with van der Waals surface area (Å²) in [6.45, 7) is 0. The van der Waals surface area contributed by atoms with Crippen LogP contribution in [0.3, 0.4) is 0 Å². The molecule has 0 amide bonds. The van der Waals surface area contributed by atoms with Crippen molar-refractivity contribution in [3.63, 3.8) is 0 Å². The zero-order valence-electron chi connectivity index (χ0n) is 33.4. The number of furan rings is 2. The van der Waals surface area contributed by atoms with Crippen molar-refractivity contribution in [1.29, 1.82) is 0 Å². The summed E-state index contributed by atoms with van der Waals surface area (Å²) in [4.78, 5) is 15.3. The molecule has 0 N–H and O–H groups in total. The fourth-order valence-corrected chi connectivity index (χ4v) is 8.71. The van der Waals surface area contributed by atoms with E-state index in [2.05, 4.69) is 169 Å². The van der Waals surface area contributed by atoms with Crippen molar-refractivity contribution in [1.82, 2.24) is 15.0 Å². The number of nitrogens with zero attached hydrogens (tertiary/aromatic N) is 3. The van der Waals surface area contributed by atoms with Gasteiger partial charge in [-0.3, -0.25) is 4.98 Å². The molecule has 0 radical (unpaired) electrons. The normalized spacial score (nSPS) is 11.5. The second-order valence-electron chi connectivity index (χ2n) is 15.6. The average molecular weight is 794 g/mol. The van der Waals surface area contributed by atoms with E-state index >= 15 is 0 Å². The minimum absolute atomic E-state index is 0.624. The van der Waals surface area contributed by atoms with Crippen LogP contribution in [0.5, 0.6) is 0 Å². The first kappa shape index (κ1) is 35.5. The van der Waals surface area contributed by atoms with Gasteiger partial charge in [0.25, 0.3) is 0 Å². The summed E-state index contributed by atoms with van der Waals surface area (Å²) >= 11 is 0. The van der Waals surface area contributed by atoms with Crippen LogP contribution in [0.25, 0.3) is 122 Å². The minimum Gasteiger partial charge on any atom is -0.456 e. The summed E-state index contributed by atoms with van der Waals surface area (Å²) < 4.78 is 12.5. The molecule has 5 heteroatoms. The zero-order chi connectivity index (χ0) is 41.0. The Morgan fingerprint density at radius 3 is 1.44 bits per heavy atom. The van der Waals surface area contributed by atoms with Crippen molar-refractivity contribution in [3.8, 4) is 78.4 Å². The van der Waals surface area contributed by atoms with Crippen LogP contribution in [0.4, 0.5) is 0 Å². The van der Waals surface area contributed by atoms with Crippen LogP contribution < -0.4 is 0 Å². The van der Waals surface area contributed by atoms with Crippen molar-refractivity contribution in [2.45, 2.75) is 0 Å². The molecule has 0 aliphatic rings. The molecule has 12 rings (SSSR count). The largest absolute Gasteiger partial charge is 0.456 e. The molecule has 0 saturated carbocycles. The lowest BCUT2D eigenvalue weighted by Gasteiger charge is -2.15. The van der Waals surface area contributed by atoms with Gasteiger partial charge in [0, 0.05) is 56.2 Å². The monoisotopic (exact) mass is 793 g/mol. The number of aromatic nitrogens is 3. The lowest BCUT2D eigenvalue weighted by Crippen LogP contribution is -1.98. The van der Waals surface area contributed by atoms with Gasteiger partial charge in [-0.1, -0.05) is 133 Å². The van der Waals surface area contributed by atoms with Crippen molar-refractivity contribution in [2.75, 3.05) is 0 Å². The van der Waals surface area contributed by atoms with Gasteiger partial charge in [0.15, 0.2) is 5.82 Å². The standard InChI is InChI=1S/C57H35N3O2/c1-2-11-36(12-3-1)37-20-22-38(23-21-37)51-34-52(46-15-5-4-14-45(46)41-13-10-28-58-35-41)60-57(59-51)44-30-42(39-24-26-55-49(32-39)47-16-6-8-18-53(47)61-55)29-43(31-44)40-25-27-56-50(33-40)48-17-7-9-19-54(48)62-56/h1-35H. The molecule has 0 unspecified atom stereocenters. The first-order valence-electron chi connectivity index (χ1n) is 20.7. The maximum absolute atomic E-state index is 6.25. The highest BCUT2D eigenvalue weighted by molar-refractivity contribution is 6.08. The van der Waals surface area contributed by atoms with E-state index in [1.54, 1.807) is 6.20 Å². The van der Waals surface area contributed by atoms with Gasteiger partial charge in [-0.05, 0) is 106 Å². The van der Waals surface area contributed by atoms with Crippen molar-refractivity contribution in [3.05, 3.63) is 213 Å². The number of pyridine rings is 1. The summed E-state index contributed by atoms with van der Waals surface area (Å²) in [7, 11) is 0. The van der Waals surface area contributed by atoms with Crippen LogP contribution in [-0.2, 0) is 0 Å². The van der Waals surface area contributed by atoms with Gasteiger partial charge in [-0.2, -0.15) is 0 Å². The molecule has 0 atom stereocenters. The fourth-order valence-electron chi connectivity index (χ4n) is 8.71. The van der Waals surface area contributed by atoms with E-state index < -0.39 is 0 Å². The highest BCUT2D eigenvalue weighted by atomic mass is 16.3. The quantitative estimate of drug-likeness (QED) is 0.161. The van der Waals surface area contributed by atoms with Crippen molar-refractivity contribution in [2.24, 2.45) is 0 Å². The van der Waals surface area contributed by atoms with Gasteiger partial charge in [0.05, 0.1) is 11.4 Å². The van der Waals surface area contributed by atoms with Gasteiger partial charge < -0.3 is 8.83 Å². The predicted molar refractivity (Wildman–Crippen MR) is 252 cm³/mol. The SMILES string of the molecule is c1ccc(-c2ccc(-c3cc(-c4ccccc4-c4cccnc4)nc(-c4cc(-c5ccc6oc7ccccc7c6c5)cc(-c5ccc6oc7ccccc7c6c5)c4)n3)cc2)cc1. The number of rotatable bonds is 7. The van der Waals surface area contributed by atoms with E-state index in [9.17, 15) is 0 Å². The van der Waals surface area contributed by atoms with E-state index in [1.165, 1.54) is 5.56 Å². The number of benzene rings is 8. The molecule has 290 valence electrons. The maximum atomic E-state index is 6.25. The molecular formula is C57H35N3O2. The van der Waals surface area contributed by atoms with Crippen LogP contribution in [-0.4, -0.2) is 15.0 Å². The second-order valence-corrected chi connectivity index (χ2v) is 15.6. The molecule has 0 aliphatic heterocycles. The lowest BCUT2D eigenvalue weighted by atomic mass is 9.94. The van der Waals surface area contributed by atoms with Gasteiger partial charge >= 0.3 is 0 Å². The summed E-state index contributed by atoms with van der Waals surface area (Å²) in [5.74, 6) is 0.624. The third-order valence-electron chi connectivity index (χ3n) is 11.8. The zero-order valence-corrected chi connectivity index (χ0v) is 33.4. The predicted octanol–water partition coefficient (Wildman–Crippen LogP) is 15.3. The Labute approximate surface area is 357 Å². The molecule has 62 heavy (non-hydrogen) atoms. The Kier molecular flexibility index (Phi) is 8.42. The van der Waals surface area contributed by atoms with Crippen molar-refractivity contribution < 1.29 is 8.83 Å². The van der Waals surface area contributed by atoms with E-state index in [1.807, 2.05) is 42.6 Å². The fraction of sp³-hybridized carbons (Fsp3) is 0. The number of fused-ring (bicyclic) bond motifs is 6. The number of hydrogen-bond donors (Lipinski definition) is 0. The molecule has 0 bridgehead atoms. The molecule has 4 aromatic heterocycles. The first-order valence-corrected chi connectivity index (χ1v) is 20.7. The summed E-state index contributed by atoms with van der Waals surface area (Å²) in [5, 5.41) is 4.32. The smallest absolute Gasteiger partial charge is 0.160 e. The average Bonchev–Trinajstić information content (AvgIpc) is 3.92. The molecule has 12 aromatic rings. The Morgan fingerprint density at radius 2 is 0.790 bits per heavy atom. The number of hydrogen-bond acceptors (Lipinski definition) is 5. The van der Waals surface area contributed by atoms with Crippen LogP contribution in [0, 0.1) is 0 Å². The van der Waals surface area contributed by atoms with E-state index in [4.69, 9.17) is 18.8 Å². The Morgan fingerprint density at radius 1 is 0.290 bits per heavy atom. The molecule has 8 aromatic carbocycles. The van der Waals surface area contributed by atoms with Crippen LogP contribution >= 0.6 is 0 Å². The van der Waals surface area contributed by atoms with Crippen LogP contribution in [0.2, 0.25) is 0 Å². The Hall–Kier alpha value is -8.41. The van der Waals surface area contributed by atoms with Gasteiger partial charge in [-0.25, -0.2) is 9.97 Å². The second kappa shape index (κ2) is 14.7. The lowest BCUT2D eigenvalue weighted by molar-refractivity contribution is 0.668. The topological polar surface area (TPSA) is 65.0 Å². The van der Waals surface area contributed by atoms with Gasteiger partial charge in [0.1, 0.15) is 22.3 Å². The third-order valence-corrected chi connectivity index (χ3v) is 11.8. The Bertz CT molecular complexity index is 3490. The van der Waals surface area contributed by atoms with Gasteiger partial charge in [-0.15, -0.1) is 0 Å². The van der Waals surface area contributed by atoms with E-state index in [-0.39, 0.29) is 0 Å². The molecular weight excluding hydrogens is 759 g/mol. The van der Waals surface area contributed by atoms with E-state index in [0.29, 0.717) is 5.82 Å². The van der Waals surface area contributed by atoms with E-state index in [0.717, 1.165) is 111 Å². The number of para-hydroxylation sites is 2. The van der Waals surface area contributed by atoms with Crippen LogP contribution in [0.1, 0.15) is 0 Å². The summed E-state index contributed by atoms with van der Waals surface area (Å²) in [6.07, 6.45) is 3.70.